The second kappa shape index (κ2) is 10.8. The van der Waals surface area contributed by atoms with Crippen LogP contribution < -0.4 is 5.32 Å². The van der Waals surface area contributed by atoms with Crippen LogP contribution in [-0.4, -0.2) is 34.4 Å². The summed E-state index contributed by atoms with van der Waals surface area (Å²) in [4.78, 5) is 28.2. The minimum atomic E-state index is -0.104. The molecule has 1 aliphatic rings. The summed E-state index contributed by atoms with van der Waals surface area (Å²) in [6.45, 7) is 2.13. The number of carbonyl (C=O) groups excluding carboxylic acids is 2. The molecule has 1 fully saturated rings. The van der Waals surface area contributed by atoms with Gasteiger partial charge in [0.1, 0.15) is 5.69 Å². The monoisotopic (exact) mass is 519 g/mol. The molecule has 0 bridgehead atoms. The molecule has 3 aromatic carbocycles. The second-order valence-electron chi connectivity index (χ2n) is 9.22. The number of fused-ring (bicyclic) bond motifs is 1. The predicted octanol–water partition coefficient (Wildman–Crippen LogP) is 6.17. The molecule has 5 nitrogen and oxygen atoms in total. The lowest BCUT2D eigenvalue weighted by Crippen LogP contribution is -2.43. The Balaban J connectivity index is 1.26. The van der Waals surface area contributed by atoms with E-state index in [1.165, 1.54) is 0 Å². The van der Waals surface area contributed by atoms with Gasteiger partial charge in [-0.1, -0.05) is 65.7 Å². The summed E-state index contributed by atoms with van der Waals surface area (Å²) in [5.74, 6) is -0.0787. The van der Waals surface area contributed by atoms with Crippen LogP contribution in [0.1, 0.15) is 34.5 Å². The van der Waals surface area contributed by atoms with Gasteiger partial charge in [0, 0.05) is 53.0 Å². The quantitative estimate of drug-likeness (QED) is 0.331. The van der Waals surface area contributed by atoms with Gasteiger partial charge in [-0.3, -0.25) is 9.59 Å². The molecule has 1 saturated heterocycles. The Morgan fingerprint density at radius 3 is 2.33 bits per heavy atom. The van der Waals surface area contributed by atoms with Crippen LogP contribution in [0.2, 0.25) is 10.0 Å². The highest BCUT2D eigenvalue weighted by atomic mass is 35.5. The molecule has 4 aromatic rings. The summed E-state index contributed by atoms with van der Waals surface area (Å²) in [5.41, 5.74) is 3.72. The fraction of sp³-hybridized carbons (Fsp3) is 0.241. The van der Waals surface area contributed by atoms with Crippen molar-refractivity contribution in [3.8, 4) is 0 Å². The van der Waals surface area contributed by atoms with Crippen molar-refractivity contribution in [2.45, 2.75) is 25.9 Å². The molecule has 184 valence electrons. The van der Waals surface area contributed by atoms with E-state index in [-0.39, 0.29) is 17.7 Å². The van der Waals surface area contributed by atoms with Gasteiger partial charge >= 0.3 is 0 Å². The molecule has 36 heavy (non-hydrogen) atoms. The molecule has 0 atom stereocenters. The van der Waals surface area contributed by atoms with E-state index < -0.39 is 0 Å². The summed E-state index contributed by atoms with van der Waals surface area (Å²) < 4.78 is 2.07. The van der Waals surface area contributed by atoms with E-state index in [0.29, 0.717) is 54.8 Å². The Kier molecular flexibility index (Phi) is 7.30. The van der Waals surface area contributed by atoms with Gasteiger partial charge in [-0.15, -0.1) is 0 Å². The van der Waals surface area contributed by atoms with E-state index in [9.17, 15) is 9.59 Å². The van der Waals surface area contributed by atoms with Crippen LogP contribution in [0.3, 0.4) is 0 Å². The number of piperidine rings is 1. The SMILES string of the molecule is O=C(NCc1cccc(Cl)c1)C1CCN(C(=O)c2cc3ccccc3n2Cc2ccc(Cl)cc2)CC1. The number of likely N-dealkylation sites (tertiary alicyclic amines) is 1. The molecule has 0 aliphatic carbocycles. The zero-order valence-corrected chi connectivity index (χ0v) is 21.3. The molecule has 0 saturated carbocycles. The number of benzene rings is 3. The summed E-state index contributed by atoms with van der Waals surface area (Å²) >= 11 is 12.1. The van der Waals surface area contributed by atoms with E-state index in [0.717, 1.165) is 22.0 Å². The maximum atomic E-state index is 13.6. The lowest BCUT2D eigenvalue weighted by Gasteiger charge is -2.31. The van der Waals surface area contributed by atoms with E-state index in [4.69, 9.17) is 23.2 Å². The third kappa shape index (κ3) is 5.43. The van der Waals surface area contributed by atoms with Crippen molar-refractivity contribution >= 4 is 45.9 Å². The molecule has 5 rings (SSSR count). The van der Waals surface area contributed by atoms with Crippen LogP contribution in [0, 0.1) is 5.92 Å². The summed E-state index contributed by atoms with van der Waals surface area (Å²) in [6, 6.07) is 25.2. The maximum absolute atomic E-state index is 13.6. The number of nitrogens with one attached hydrogen (secondary N) is 1. The highest BCUT2D eigenvalue weighted by Gasteiger charge is 2.29. The third-order valence-electron chi connectivity index (χ3n) is 6.79. The van der Waals surface area contributed by atoms with Crippen LogP contribution in [-0.2, 0) is 17.9 Å². The number of hydrogen-bond donors (Lipinski definition) is 1. The van der Waals surface area contributed by atoms with Crippen LogP contribution in [0.15, 0.2) is 78.9 Å². The molecular weight excluding hydrogens is 493 g/mol. The minimum Gasteiger partial charge on any atom is -0.352 e. The van der Waals surface area contributed by atoms with Gasteiger partial charge in [-0.25, -0.2) is 0 Å². The van der Waals surface area contributed by atoms with E-state index in [1.54, 1.807) is 0 Å². The fourth-order valence-corrected chi connectivity index (χ4v) is 5.16. The van der Waals surface area contributed by atoms with Crippen molar-refractivity contribution in [1.82, 2.24) is 14.8 Å². The third-order valence-corrected chi connectivity index (χ3v) is 7.28. The smallest absolute Gasteiger partial charge is 0.270 e. The van der Waals surface area contributed by atoms with Crippen molar-refractivity contribution in [2.75, 3.05) is 13.1 Å². The topological polar surface area (TPSA) is 54.3 Å². The summed E-state index contributed by atoms with van der Waals surface area (Å²) in [5, 5.41) is 5.39. The van der Waals surface area contributed by atoms with Crippen LogP contribution >= 0.6 is 23.2 Å². The molecule has 1 aliphatic heterocycles. The highest BCUT2D eigenvalue weighted by molar-refractivity contribution is 6.30. The Morgan fingerprint density at radius 1 is 0.833 bits per heavy atom. The van der Waals surface area contributed by atoms with Gasteiger partial charge in [0.05, 0.1) is 0 Å². The molecule has 7 heteroatoms. The van der Waals surface area contributed by atoms with E-state index >= 15 is 0 Å². The zero-order chi connectivity index (χ0) is 25.1. The molecule has 1 N–H and O–H groups in total. The Hall–Kier alpha value is -3.28. The predicted molar refractivity (Wildman–Crippen MR) is 144 cm³/mol. The maximum Gasteiger partial charge on any atom is 0.270 e. The average Bonchev–Trinajstić information content (AvgIpc) is 3.26. The zero-order valence-electron chi connectivity index (χ0n) is 19.8. The summed E-state index contributed by atoms with van der Waals surface area (Å²) in [7, 11) is 0. The van der Waals surface area contributed by atoms with Crippen molar-refractivity contribution in [2.24, 2.45) is 5.92 Å². The number of para-hydroxylation sites is 1. The first-order valence-electron chi connectivity index (χ1n) is 12.1. The van der Waals surface area contributed by atoms with Gasteiger partial charge in [0.15, 0.2) is 0 Å². The van der Waals surface area contributed by atoms with Crippen LogP contribution in [0.4, 0.5) is 0 Å². The number of rotatable bonds is 6. The van der Waals surface area contributed by atoms with E-state index in [2.05, 4.69) is 9.88 Å². The second-order valence-corrected chi connectivity index (χ2v) is 10.1. The highest BCUT2D eigenvalue weighted by Crippen LogP contribution is 2.25. The molecule has 0 unspecified atom stereocenters. The lowest BCUT2D eigenvalue weighted by atomic mass is 9.95. The fourth-order valence-electron chi connectivity index (χ4n) is 4.82. The van der Waals surface area contributed by atoms with Crippen molar-refractivity contribution < 1.29 is 9.59 Å². The van der Waals surface area contributed by atoms with Gasteiger partial charge in [-0.2, -0.15) is 0 Å². The number of hydrogen-bond acceptors (Lipinski definition) is 2. The normalized spacial score (nSPS) is 14.2. The largest absolute Gasteiger partial charge is 0.352 e. The van der Waals surface area contributed by atoms with Gasteiger partial charge in [0.25, 0.3) is 5.91 Å². The van der Waals surface area contributed by atoms with Crippen molar-refractivity contribution in [3.63, 3.8) is 0 Å². The first kappa shape index (κ1) is 24.4. The van der Waals surface area contributed by atoms with Crippen LogP contribution in [0.25, 0.3) is 10.9 Å². The molecule has 2 amide bonds. The first-order valence-corrected chi connectivity index (χ1v) is 12.9. The molecule has 1 aromatic heterocycles. The number of amides is 2. The van der Waals surface area contributed by atoms with Gasteiger partial charge in [-0.05, 0) is 60.4 Å². The van der Waals surface area contributed by atoms with Gasteiger partial charge in [0.2, 0.25) is 5.91 Å². The number of aromatic nitrogens is 1. The minimum absolute atomic E-state index is 0.00190. The summed E-state index contributed by atoms with van der Waals surface area (Å²) in [6.07, 6.45) is 1.29. The van der Waals surface area contributed by atoms with Crippen LogP contribution in [0.5, 0.6) is 0 Å². The Bertz CT molecular complexity index is 1390. The van der Waals surface area contributed by atoms with Crippen molar-refractivity contribution in [3.05, 3.63) is 106 Å². The molecule has 0 radical (unpaired) electrons. The standard InChI is InChI=1S/C29H27Cl2N3O2/c30-24-10-8-20(9-11-24)19-34-26-7-2-1-5-23(26)17-27(34)29(36)33-14-12-22(13-15-33)28(35)32-18-21-4-3-6-25(31)16-21/h1-11,16-17,22H,12-15,18-19H2,(H,32,35). The average molecular weight is 520 g/mol. The lowest BCUT2D eigenvalue weighted by molar-refractivity contribution is -0.126. The Labute approximate surface area is 220 Å². The molecule has 2 heterocycles. The van der Waals surface area contributed by atoms with Crippen molar-refractivity contribution in [1.29, 1.82) is 0 Å². The van der Waals surface area contributed by atoms with Gasteiger partial charge < -0.3 is 14.8 Å². The molecular formula is C29H27Cl2N3O2. The Morgan fingerprint density at radius 2 is 1.58 bits per heavy atom. The van der Waals surface area contributed by atoms with E-state index in [1.807, 2.05) is 83.8 Å². The number of halogens is 2. The first-order chi connectivity index (χ1) is 17.5. The number of nitrogens with zero attached hydrogens (tertiary/aromatic N) is 2. The molecule has 0 spiro atoms. The number of carbonyl (C=O) groups is 2.